The first-order valence-corrected chi connectivity index (χ1v) is 5.29. The van der Waals surface area contributed by atoms with Gasteiger partial charge in [0.1, 0.15) is 0 Å². The van der Waals surface area contributed by atoms with E-state index in [1.807, 2.05) is 6.26 Å². The topological polar surface area (TPSA) is 9.23 Å². The lowest BCUT2D eigenvalue weighted by molar-refractivity contribution is -0.0646. The van der Waals surface area contributed by atoms with Gasteiger partial charge in [0.25, 0.3) is 0 Å². The standard InChI is InChI=1S/C12H20O/c1-8-5-9(7-13-4)11-6-10(8)12(11,2)3/h7-8,10-11H,5-6H2,1-4H3/b9-7+/t8-,10+,11-/m1/s1. The number of fused-ring (bicyclic) bond motifs is 2. The second-order valence-electron chi connectivity index (χ2n) is 5.33. The normalized spacial score (nSPS) is 44.3. The van der Waals surface area contributed by atoms with Gasteiger partial charge in [0.2, 0.25) is 0 Å². The van der Waals surface area contributed by atoms with E-state index in [2.05, 4.69) is 20.8 Å². The monoisotopic (exact) mass is 180 g/mol. The highest BCUT2D eigenvalue weighted by atomic mass is 16.5. The largest absolute Gasteiger partial charge is 0.504 e. The molecule has 0 aliphatic heterocycles. The van der Waals surface area contributed by atoms with E-state index in [0.717, 1.165) is 17.8 Å². The van der Waals surface area contributed by atoms with Crippen molar-refractivity contribution in [2.24, 2.45) is 23.2 Å². The molecule has 3 aliphatic rings. The Labute approximate surface area is 81.2 Å². The quantitative estimate of drug-likeness (QED) is 0.563. The van der Waals surface area contributed by atoms with Crippen LogP contribution in [0.1, 0.15) is 33.6 Å². The fraction of sp³-hybridized carbons (Fsp3) is 0.833. The first kappa shape index (κ1) is 9.11. The number of hydrogen-bond acceptors (Lipinski definition) is 1. The third-order valence-electron chi connectivity index (χ3n) is 4.30. The molecule has 13 heavy (non-hydrogen) atoms. The van der Waals surface area contributed by atoms with Crippen molar-refractivity contribution in [3.63, 3.8) is 0 Å². The summed E-state index contributed by atoms with van der Waals surface area (Å²) in [7, 11) is 1.76. The van der Waals surface area contributed by atoms with E-state index in [4.69, 9.17) is 4.74 Å². The van der Waals surface area contributed by atoms with Crippen molar-refractivity contribution in [1.29, 1.82) is 0 Å². The molecule has 0 spiro atoms. The molecule has 1 heteroatoms. The van der Waals surface area contributed by atoms with Gasteiger partial charge in [0.15, 0.2) is 0 Å². The van der Waals surface area contributed by atoms with Crippen molar-refractivity contribution in [1.82, 2.24) is 0 Å². The maximum Gasteiger partial charge on any atom is 0.0819 e. The first-order valence-electron chi connectivity index (χ1n) is 5.29. The average Bonchev–Trinajstić information content (AvgIpc) is 2.03. The molecule has 0 radical (unpaired) electrons. The van der Waals surface area contributed by atoms with Gasteiger partial charge in [-0.3, -0.25) is 0 Å². The van der Waals surface area contributed by atoms with Crippen LogP contribution in [-0.2, 0) is 4.74 Å². The van der Waals surface area contributed by atoms with Crippen LogP contribution in [0.4, 0.5) is 0 Å². The number of hydrogen-bond donors (Lipinski definition) is 0. The molecule has 0 unspecified atom stereocenters. The highest BCUT2D eigenvalue weighted by Crippen LogP contribution is 2.63. The molecular formula is C12H20O. The van der Waals surface area contributed by atoms with E-state index in [-0.39, 0.29) is 0 Å². The molecule has 74 valence electrons. The van der Waals surface area contributed by atoms with Gasteiger partial charge in [-0.05, 0) is 41.6 Å². The second kappa shape index (κ2) is 2.76. The minimum absolute atomic E-state index is 0.530. The number of ether oxygens (including phenoxy) is 1. The summed E-state index contributed by atoms with van der Waals surface area (Å²) in [6, 6.07) is 0. The van der Waals surface area contributed by atoms with Gasteiger partial charge < -0.3 is 4.74 Å². The zero-order valence-electron chi connectivity index (χ0n) is 9.13. The Kier molecular flexibility index (Phi) is 1.94. The van der Waals surface area contributed by atoms with Gasteiger partial charge >= 0.3 is 0 Å². The van der Waals surface area contributed by atoms with Crippen molar-refractivity contribution in [3.05, 3.63) is 11.8 Å². The fourth-order valence-corrected chi connectivity index (χ4v) is 3.49. The van der Waals surface area contributed by atoms with E-state index in [0.29, 0.717) is 5.41 Å². The first-order chi connectivity index (χ1) is 6.07. The third-order valence-corrected chi connectivity index (χ3v) is 4.30. The van der Waals surface area contributed by atoms with Gasteiger partial charge in [-0.15, -0.1) is 0 Å². The third kappa shape index (κ3) is 1.13. The summed E-state index contributed by atoms with van der Waals surface area (Å²) in [4.78, 5) is 0. The Morgan fingerprint density at radius 2 is 2.15 bits per heavy atom. The highest BCUT2D eigenvalue weighted by molar-refractivity contribution is 5.21. The molecular weight excluding hydrogens is 160 g/mol. The van der Waals surface area contributed by atoms with Crippen LogP contribution in [0.5, 0.6) is 0 Å². The van der Waals surface area contributed by atoms with E-state index in [1.165, 1.54) is 12.8 Å². The maximum absolute atomic E-state index is 5.16. The van der Waals surface area contributed by atoms with Crippen LogP contribution in [0.3, 0.4) is 0 Å². The minimum atomic E-state index is 0.530. The van der Waals surface area contributed by atoms with Gasteiger partial charge in [-0.2, -0.15) is 0 Å². The zero-order chi connectivity index (χ0) is 9.64. The van der Waals surface area contributed by atoms with Crippen molar-refractivity contribution in [3.8, 4) is 0 Å². The van der Waals surface area contributed by atoms with Crippen LogP contribution in [-0.4, -0.2) is 7.11 Å². The molecule has 1 nitrogen and oxygen atoms in total. The average molecular weight is 180 g/mol. The van der Waals surface area contributed by atoms with E-state index in [1.54, 1.807) is 12.7 Å². The molecule has 3 aliphatic carbocycles. The molecule has 0 aromatic heterocycles. The van der Waals surface area contributed by atoms with Crippen molar-refractivity contribution < 1.29 is 4.74 Å². The summed E-state index contributed by atoms with van der Waals surface area (Å²) < 4.78 is 5.16. The number of rotatable bonds is 1. The summed E-state index contributed by atoms with van der Waals surface area (Å²) in [5.41, 5.74) is 2.07. The summed E-state index contributed by atoms with van der Waals surface area (Å²) in [6.07, 6.45) is 4.63. The Morgan fingerprint density at radius 3 is 2.62 bits per heavy atom. The van der Waals surface area contributed by atoms with Crippen LogP contribution in [0.25, 0.3) is 0 Å². The van der Waals surface area contributed by atoms with Gasteiger partial charge in [0, 0.05) is 0 Å². The Balaban J connectivity index is 2.22. The molecule has 0 heterocycles. The molecule has 3 saturated carbocycles. The maximum atomic E-state index is 5.16. The summed E-state index contributed by atoms with van der Waals surface area (Å²) in [5, 5.41) is 0. The lowest BCUT2D eigenvalue weighted by Gasteiger charge is -2.60. The highest BCUT2D eigenvalue weighted by Gasteiger charge is 2.55. The lowest BCUT2D eigenvalue weighted by Crippen LogP contribution is -2.52. The summed E-state index contributed by atoms with van der Waals surface area (Å²) in [6.45, 7) is 7.20. The summed E-state index contributed by atoms with van der Waals surface area (Å²) in [5.74, 6) is 2.60. The summed E-state index contributed by atoms with van der Waals surface area (Å²) >= 11 is 0. The number of allylic oxidation sites excluding steroid dienone is 1. The van der Waals surface area contributed by atoms with Crippen LogP contribution < -0.4 is 0 Å². The Bertz CT molecular complexity index is 240. The van der Waals surface area contributed by atoms with Gasteiger partial charge in [-0.1, -0.05) is 20.8 Å². The van der Waals surface area contributed by atoms with E-state index < -0.39 is 0 Å². The molecule has 0 aromatic rings. The molecule has 0 N–H and O–H groups in total. The SMILES string of the molecule is CO/C=C1\C[C@@H](C)[C@@H]2C[C@H]1C2(C)C. The van der Waals surface area contributed by atoms with Crippen molar-refractivity contribution >= 4 is 0 Å². The van der Waals surface area contributed by atoms with E-state index in [9.17, 15) is 0 Å². The van der Waals surface area contributed by atoms with Crippen LogP contribution >= 0.6 is 0 Å². The fourth-order valence-electron chi connectivity index (χ4n) is 3.49. The molecule has 3 fully saturated rings. The number of methoxy groups -OCH3 is 1. The molecule has 0 saturated heterocycles. The van der Waals surface area contributed by atoms with Crippen LogP contribution in [0, 0.1) is 23.2 Å². The van der Waals surface area contributed by atoms with Crippen molar-refractivity contribution in [2.45, 2.75) is 33.6 Å². The van der Waals surface area contributed by atoms with E-state index >= 15 is 0 Å². The van der Waals surface area contributed by atoms with Gasteiger partial charge in [0.05, 0.1) is 13.4 Å². The van der Waals surface area contributed by atoms with Crippen molar-refractivity contribution in [2.75, 3.05) is 7.11 Å². The minimum Gasteiger partial charge on any atom is -0.504 e. The molecule has 3 rings (SSSR count). The zero-order valence-corrected chi connectivity index (χ0v) is 9.13. The smallest absolute Gasteiger partial charge is 0.0819 e. The molecule has 0 aromatic carbocycles. The van der Waals surface area contributed by atoms with Crippen LogP contribution in [0.15, 0.2) is 11.8 Å². The predicted molar refractivity (Wildman–Crippen MR) is 54.3 cm³/mol. The van der Waals surface area contributed by atoms with Gasteiger partial charge in [-0.25, -0.2) is 0 Å². The Hall–Kier alpha value is -0.460. The predicted octanol–water partition coefficient (Wildman–Crippen LogP) is 3.22. The second-order valence-corrected chi connectivity index (χ2v) is 5.33. The molecule has 0 amide bonds. The van der Waals surface area contributed by atoms with Crippen LogP contribution in [0.2, 0.25) is 0 Å². The Morgan fingerprint density at radius 1 is 1.46 bits per heavy atom. The molecule has 2 bridgehead atoms. The molecule has 3 atom stereocenters. The lowest BCUT2D eigenvalue weighted by atomic mass is 9.44.